The fourth-order valence-corrected chi connectivity index (χ4v) is 1.20. The second-order valence-corrected chi connectivity index (χ2v) is 4.11. The lowest BCUT2D eigenvalue weighted by Gasteiger charge is -2.10. The van der Waals surface area contributed by atoms with E-state index in [2.05, 4.69) is 20.3 Å². The quantitative estimate of drug-likeness (QED) is 0.774. The Morgan fingerprint density at radius 2 is 1.95 bits per heavy atom. The molecule has 0 aliphatic heterocycles. The largest absolute Gasteiger partial charge is 0.461 e. The highest BCUT2D eigenvalue weighted by molar-refractivity contribution is 5.32. The van der Waals surface area contributed by atoms with Gasteiger partial charge in [-0.1, -0.05) is 0 Å². The maximum Gasteiger partial charge on any atom is 0.389 e. The molecule has 0 saturated heterocycles. The van der Waals surface area contributed by atoms with Crippen LogP contribution in [0.25, 0.3) is 0 Å². The van der Waals surface area contributed by atoms with Gasteiger partial charge in [-0.15, -0.1) is 0 Å². The van der Waals surface area contributed by atoms with Crippen molar-refractivity contribution in [2.75, 3.05) is 17.6 Å². The summed E-state index contributed by atoms with van der Waals surface area (Å²) >= 11 is 0. The molecule has 1 heterocycles. The summed E-state index contributed by atoms with van der Waals surface area (Å²) in [6.07, 6.45) is -5.24. The van der Waals surface area contributed by atoms with Gasteiger partial charge >= 0.3 is 12.2 Å². The molecule has 0 aliphatic rings. The van der Waals surface area contributed by atoms with Crippen LogP contribution < -0.4 is 15.8 Å². The molecule has 1 aromatic heterocycles. The lowest BCUT2D eigenvalue weighted by Crippen LogP contribution is -2.15. The first-order valence-electron chi connectivity index (χ1n) is 5.75. The molecule has 0 aromatic carbocycles. The van der Waals surface area contributed by atoms with E-state index in [0.717, 1.165) is 0 Å². The Kier molecular flexibility index (Phi) is 5.13. The van der Waals surface area contributed by atoms with Gasteiger partial charge in [0.25, 0.3) is 0 Å². The topological polar surface area (TPSA) is 86.0 Å². The van der Waals surface area contributed by atoms with Crippen molar-refractivity contribution in [3.05, 3.63) is 0 Å². The Morgan fingerprint density at radius 1 is 1.26 bits per heavy atom. The summed E-state index contributed by atoms with van der Waals surface area (Å²) in [5, 5.41) is 2.65. The summed E-state index contributed by atoms with van der Waals surface area (Å²) in [7, 11) is 0. The van der Waals surface area contributed by atoms with Gasteiger partial charge in [0.1, 0.15) is 0 Å². The first kappa shape index (κ1) is 15.3. The molecule has 9 heteroatoms. The highest BCUT2D eigenvalue weighted by Gasteiger charge is 2.25. The zero-order valence-electron chi connectivity index (χ0n) is 10.7. The number of nitrogens with zero attached hydrogens (tertiary/aromatic N) is 3. The number of anilines is 2. The molecule has 1 aromatic rings. The van der Waals surface area contributed by atoms with Crippen LogP contribution in [0.1, 0.15) is 26.7 Å². The lowest BCUT2D eigenvalue weighted by atomic mass is 10.3. The molecule has 6 nitrogen and oxygen atoms in total. The van der Waals surface area contributed by atoms with Crippen LogP contribution in [0.4, 0.5) is 25.1 Å². The fraction of sp³-hybridized carbons (Fsp3) is 0.700. The summed E-state index contributed by atoms with van der Waals surface area (Å²) < 4.78 is 41.1. The molecule has 1 rings (SSSR count). The summed E-state index contributed by atoms with van der Waals surface area (Å²) in [4.78, 5) is 11.4. The third-order valence-electron chi connectivity index (χ3n) is 1.89. The minimum Gasteiger partial charge on any atom is -0.461 e. The molecule has 0 amide bonds. The van der Waals surface area contributed by atoms with Crippen molar-refractivity contribution < 1.29 is 17.9 Å². The van der Waals surface area contributed by atoms with Gasteiger partial charge in [0.15, 0.2) is 0 Å². The Hall–Kier alpha value is -1.80. The number of nitrogens with one attached hydrogen (secondary N) is 1. The first-order valence-corrected chi connectivity index (χ1v) is 5.75. The predicted molar refractivity (Wildman–Crippen MR) is 63.8 cm³/mol. The number of nitrogen functional groups attached to an aromatic ring is 1. The molecular formula is C10H16F3N5O. The van der Waals surface area contributed by atoms with Crippen LogP contribution in [0.2, 0.25) is 0 Å². The number of alkyl halides is 3. The van der Waals surface area contributed by atoms with E-state index < -0.39 is 12.6 Å². The van der Waals surface area contributed by atoms with Gasteiger partial charge in [-0.05, 0) is 20.3 Å². The second kappa shape index (κ2) is 6.39. The average Bonchev–Trinajstić information content (AvgIpc) is 2.21. The van der Waals surface area contributed by atoms with Crippen molar-refractivity contribution in [3.63, 3.8) is 0 Å². The number of ether oxygens (including phenoxy) is 1. The van der Waals surface area contributed by atoms with Gasteiger partial charge in [0.05, 0.1) is 6.10 Å². The Bertz CT molecular complexity index is 411. The number of halogens is 3. The number of aromatic nitrogens is 3. The third-order valence-corrected chi connectivity index (χ3v) is 1.89. The SMILES string of the molecule is CC(C)Oc1nc(N)nc(NCCCC(F)(F)F)n1. The monoisotopic (exact) mass is 279 g/mol. The maximum atomic E-state index is 11.9. The summed E-state index contributed by atoms with van der Waals surface area (Å²) in [6, 6.07) is 0.0424. The summed E-state index contributed by atoms with van der Waals surface area (Å²) in [5.74, 6) is 0.0503. The molecule has 0 aliphatic carbocycles. The van der Waals surface area contributed by atoms with Gasteiger partial charge in [0, 0.05) is 13.0 Å². The van der Waals surface area contributed by atoms with E-state index >= 15 is 0 Å². The smallest absolute Gasteiger partial charge is 0.389 e. The number of hydrogen-bond acceptors (Lipinski definition) is 6. The van der Waals surface area contributed by atoms with Crippen molar-refractivity contribution >= 4 is 11.9 Å². The van der Waals surface area contributed by atoms with Crippen molar-refractivity contribution in [2.24, 2.45) is 0 Å². The molecule has 0 bridgehead atoms. The standard InChI is InChI=1S/C10H16F3N5O/c1-6(2)19-9-17-7(14)16-8(18-9)15-5-3-4-10(11,12)13/h6H,3-5H2,1-2H3,(H3,14,15,16,17,18). The van der Waals surface area contributed by atoms with Crippen LogP contribution in [-0.4, -0.2) is 33.8 Å². The van der Waals surface area contributed by atoms with Gasteiger partial charge in [0.2, 0.25) is 11.9 Å². The van der Waals surface area contributed by atoms with Crippen molar-refractivity contribution in [1.82, 2.24) is 15.0 Å². The van der Waals surface area contributed by atoms with Gasteiger partial charge in [-0.2, -0.15) is 28.1 Å². The molecule has 0 spiro atoms. The summed E-state index contributed by atoms with van der Waals surface area (Å²) in [6.45, 7) is 3.66. The molecule has 19 heavy (non-hydrogen) atoms. The van der Waals surface area contributed by atoms with Gasteiger partial charge in [-0.3, -0.25) is 0 Å². The molecule has 0 saturated carbocycles. The van der Waals surface area contributed by atoms with E-state index in [-0.39, 0.29) is 37.0 Å². The van der Waals surface area contributed by atoms with E-state index in [9.17, 15) is 13.2 Å². The van der Waals surface area contributed by atoms with Crippen LogP contribution in [0.15, 0.2) is 0 Å². The average molecular weight is 279 g/mol. The molecular weight excluding hydrogens is 263 g/mol. The van der Waals surface area contributed by atoms with Crippen LogP contribution >= 0.6 is 0 Å². The highest BCUT2D eigenvalue weighted by Crippen LogP contribution is 2.21. The third kappa shape index (κ3) is 6.63. The summed E-state index contributed by atoms with van der Waals surface area (Å²) in [5.41, 5.74) is 5.45. The predicted octanol–water partition coefficient (Wildman–Crippen LogP) is 2.00. The van der Waals surface area contributed by atoms with Crippen LogP contribution in [0.5, 0.6) is 6.01 Å². The number of rotatable bonds is 6. The Balaban J connectivity index is 2.51. The minimum absolute atomic E-state index is 0.0424. The maximum absolute atomic E-state index is 11.9. The van der Waals surface area contributed by atoms with E-state index in [1.165, 1.54) is 0 Å². The molecule has 108 valence electrons. The first-order chi connectivity index (χ1) is 8.76. The molecule has 0 atom stereocenters. The molecule has 3 N–H and O–H groups in total. The van der Waals surface area contributed by atoms with Crippen LogP contribution in [-0.2, 0) is 0 Å². The normalized spacial score (nSPS) is 11.7. The van der Waals surface area contributed by atoms with Gasteiger partial charge in [-0.25, -0.2) is 0 Å². The van der Waals surface area contributed by atoms with E-state index in [4.69, 9.17) is 10.5 Å². The minimum atomic E-state index is -4.16. The molecule has 0 unspecified atom stereocenters. The molecule has 0 fully saturated rings. The second-order valence-electron chi connectivity index (χ2n) is 4.11. The number of hydrogen-bond donors (Lipinski definition) is 2. The van der Waals surface area contributed by atoms with E-state index in [0.29, 0.717) is 0 Å². The zero-order chi connectivity index (χ0) is 14.5. The lowest BCUT2D eigenvalue weighted by molar-refractivity contribution is -0.134. The van der Waals surface area contributed by atoms with E-state index in [1.807, 2.05) is 0 Å². The van der Waals surface area contributed by atoms with Crippen LogP contribution in [0.3, 0.4) is 0 Å². The van der Waals surface area contributed by atoms with Crippen molar-refractivity contribution in [1.29, 1.82) is 0 Å². The van der Waals surface area contributed by atoms with E-state index in [1.54, 1.807) is 13.8 Å². The molecule has 0 radical (unpaired) electrons. The van der Waals surface area contributed by atoms with Gasteiger partial charge < -0.3 is 15.8 Å². The highest BCUT2D eigenvalue weighted by atomic mass is 19.4. The Labute approximate surface area is 108 Å². The Morgan fingerprint density at radius 3 is 2.53 bits per heavy atom. The van der Waals surface area contributed by atoms with Crippen LogP contribution in [0, 0.1) is 0 Å². The number of nitrogens with two attached hydrogens (primary N) is 1. The van der Waals surface area contributed by atoms with Crippen molar-refractivity contribution in [2.45, 2.75) is 39.0 Å². The zero-order valence-corrected chi connectivity index (χ0v) is 10.7. The fourth-order valence-electron chi connectivity index (χ4n) is 1.20. The van der Waals surface area contributed by atoms with Crippen molar-refractivity contribution in [3.8, 4) is 6.01 Å².